The Labute approximate surface area is 116 Å². The van der Waals surface area contributed by atoms with E-state index < -0.39 is 17.7 Å². The summed E-state index contributed by atoms with van der Waals surface area (Å²) in [6, 6.07) is 2.64. The van der Waals surface area contributed by atoms with Gasteiger partial charge in [-0.05, 0) is 18.9 Å². The predicted octanol–water partition coefficient (Wildman–Crippen LogP) is 1.81. The Hall–Kier alpha value is -1.93. The Kier molecular flexibility index (Phi) is 4.35. The molecule has 0 heterocycles. The summed E-state index contributed by atoms with van der Waals surface area (Å²) in [6.07, 6.45) is 7.04. The van der Waals surface area contributed by atoms with E-state index in [9.17, 15) is 13.6 Å². The van der Waals surface area contributed by atoms with Gasteiger partial charge >= 0.3 is 0 Å². The highest BCUT2D eigenvalue weighted by Gasteiger charge is 2.34. The van der Waals surface area contributed by atoms with E-state index in [1.165, 1.54) is 12.1 Å². The lowest BCUT2D eigenvalue weighted by atomic mass is 10.1. The highest BCUT2D eigenvalue weighted by atomic mass is 19.1. The smallest absolute Gasteiger partial charge is 0.241 e. The molecule has 106 valence electrons. The molecule has 0 bridgehead atoms. The van der Waals surface area contributed by atoms with Gasteiger partial charge in [-0.1, -0.05) is 6.07 Å². The van der Waals surface area contributed by atoms with Crippen molar-refractivity contribution in [1.82, 2.24) is 4.90 Å². The van der Waals surface area contributed by atoms with Crippen molar-refractivity contribution in [2.45, 2.75) is 37.9 Å². The van der Waals surface area contributed by atoms with Gasteiger partial charge in [0.25, 0.3) is 0 Å². The van der Waals surface area contributed by atoms with Gasteiger partial charge in [0.15, 0.2) is 0 Å². The van der Waals surface area contributed by atoms with Crippen LogP contribution in [0.3, 0.4) is 0 Å². The number of hydrogen-bond acceptors (Lipinski definition) is 2. The van der Waals surface area contributed by atoms with Crippen LogP contribution in [0.2, 0.25) is 0 Å². The van der Waals surface area contributed by atoms with Gasteiger partial charge < -0.3 is 10.6 Å². The Morgan fingerprint density at radius 3 is 2.75 bits per heavy atom. The second-order valence-corrected chi connectivity index (χ2v) is 4.95. The lowest BCUT2D eigenvalue weighted by Gasteiger charge is -2.25. The quantitative estimate of drug-likeness (QED) is 0.835. The molecule has 0 saturated heterocycles. The number of amides is 1. The van der Waals surface area contributed by atoms with Crippen molar-refractivity contribution in [3.63, 3.8) is 0 Å². The van der Waals surface area contributed by atoms with Crippen LogP contribution in [0.4, 0.5) is 8.78 Å². The van der Waals surface area contributed by atoms with Crippen molar-refractivity contribution in [3.05, 3.63) is 35.4 Å². The molecule has 0 radical (unpaired) electrons. The number of benzene rings is 1. The first-order valence-corrected chi connectivity index (χ1v) is 6.46. The van der Waals surface area contributed by atoms with Crippen molar-refractivity contribution >= 4 is 5.91 Å². The van der Waals surface area contributed by atoms with E-state index in [0.29, 0.717) is 0 Å². The summed E-state index contributed by atoms with van der Waals surface area (Å²) in [5.74, 6) is 0.768. The number of carbonyl (C=O) groups is 1. The molecule has 0 spiro atoms. The van der Waals surface area contributed by atoms with Gasteiger partial charge in [-0.25, -0.2) is 8.78 Å². The van der Waals surface area contributed by atoms with Gasteiger partial charge in [0, 0.05) is 30.6 Å². The molecule has 20 heavy (non-hydrogen) atoms. The number of nitrogens with zero attached hydrogens (tertiary/aromatic N) is 1. The maximum absolute atomic E-state index is 13.7. The normalized spacial score (nSPS) is 15.5. The predicted molar refractivity (Wildman–Crippen MR) is 71.4 cm³/mol. The summed E-state index contributed by atoms with van der Waals surface area (Å²) in [5, 5.41) is 0. The molecule has 1 amide bonds. The minimum Gasteiger partial charge on any atom is -0.334 e. The molecule has 3 nitrogen and oxygen atoms in total. The maximum Gasteiger partial charge on any atom is 0.241 e. The third kappa shape index (κ3) is 3.34. The first-order chi connectivity index (χ1) is 9.52. The molecule has 1 atom stereocenters. The largest absolute Gasteiger partial charge is 0.334 e. The van der Waals surface area contributed by atoms with Crippen LogP contribution in [-0.4, -0.2) is 22.9 Å². The van der Waals surface area contributed by atoms with Crippen molar-refractivity contribution in [3.8, 4) is 12.3 Å². The number of hydrogen-bond donors (Lipinski definition) is 1. The second-order valence-electron chi connectivity index (χ2n) is 4.95. The Balaban J connectivity index is 2.14. The highest BCUT2D eigenvalue weighted by Crippen LogP contribution is 2.29. The highest BCUT2D eigenvalue weighted by molar-refractivity contribution is 5.82. The maximum atomic E-state index is 13.7. The number of rotatable bonds is 5. The molecule has 1 aromatic rings. The van der Waals surface area contributed by atoms with Crippen LogP contribution < -0.4 is 5.73 Å². The molecule has 2 rings (SSSR count). The Bertz CT molecular complexity index is 549. The summed E-state index contributed by atoms with van der Waals surface area (Å²) < 4.78 is 26.5. The van der Waals surface area contributed by atoms with Crippen LogP contribution in [-0.2, 0) is 11.3 Å². The monoisotopic (exact) mass is 278 g/mol. The van der Waals surface area contributed by atoms with Crippen LogP contribution in [0.1, 0.15) is 24.8 Å². The van der Waals surface area contributed by atoms with Crippen LogP contribution in [0, 0.1) is 24.0 Å². The zero-order chi connectivity index (χ0) is 14.7. The first-order valence-electron chi connectivity index (χ1n) is 6.46. The van der Waals surface area contributed by atoms with E-state index in [2.05, 4.69) is 5.92 Å². The summed E-state index contributed by atoms with van der Waals surface area (Å²) >= 11 is 0. The fraction of sp³-hybridized carbons (Fsp3) is 0.400. The molecule has 0 aliphatic heterocycles. The van der Waals surface area contributed by atoms with Crippen molar-refractivity contribution < 1.29 is 13.6 Å². The standard InChI is InChI=1S/C15H16F2N2O/c1-2-3-14(18)15(20)19(12-6-7-12)9-10-4-5-11(16)8-13(10)17/h1,4-5,8,12,14H,3,6-7,9,18H2. The van der Waals surface area contributed by atoms with Gasteiger partial charge in [-0.3, -0.25) is 4.79 Å². The summed E-state index contributed by atoms with van der Waals surface area (Å²) in [6.45, 7) is 0.0912. The molecule has 1 aliphatic carbocycles. The molecule has 1 aromatic carbocycles. The second kappa shape index (κ2) is 6.02. The van der Waals surface area contributed by atoms with Crippen molar-refractivity contribution in [2.24, 2.45) is 5.73 Å². The fourth-order valence-electron chi connectivity index (χ4n) is 2.03. The molecular formula is C15H16F2N2O. The van der Waals surface area contributed by atoms with Crippen LogP contribution in [0.15, 0.2) is 18.2 Å². The third-order valence-electron chi connectivity index (χ3n) is 3.28. The van der Waals surface area contributed by atoms with Gasteiger partial charge in [0.05, 0.1) is 6.04 Å². The molecule has 1 aliphatic rings. The zero-order valence-electron chi connectivity index (χ0n) is 11.0. The number of carbonyl (C=O) groups excluding carboxylic acids is 1. The number of halogens is 2. The van der Waals surface area contributed by atoms with E-state index in [4.69, 9.17) is 12.2 Å². The lowest BCUT2D eigenvalue weighted by Crippen LogP contribution is -2.44. The van der Waals surface area contributed by atoms with Gasteiger partial charge in [-0.15, -0.1) is 12.3 Å². The van der Waals surface area contributed by atoms with Crippen molar-refractivity contribution in [2.75, 3.05) is 0 Å². The van der Waals surface area contributed by atoms with E-state index in [0.717, 1.165) is 18.9 Å². The average molecular weight is 278 g/mol. The first kappa shape index (κ1) is 14.5. The minimum atomic E-state index is -0.774. The van der Waals surface area contributed by atoms with Crippen LogP contribution in [0.25, 0.3) is 0 Å². The fourth-order valence-corrected chi connectivity index (χ4v) is 2.03. The lowest BCUT2D eigenvalue weighted by molar-refractivity contribution is -0.133. The number of nitrogens with two attached hydrogens (primary N) is 1. The summed E-state index contributed by atoms with van der Waals surface area (Å²) in [7, 11) is 0. The molecule has 5 heteroatoms. The van der Waals surface area contributed by atoms with E-state index >= 15 is 0 Å². The van der Waals surface area contributed by atoms with Crippen LogP contribution in [0.5, 0.6) is 0 Å². The van der Waals surface area contributed by atoms with Gasteiger partial charge in [0.2, 0.25) is 5.91 Å². The average Bonchev–Trinajstić information content (AvgIpc) is 3.22. The van der Waals surface area contributed by atoms with E-state index in [-0.39, 0.29) is 30.5 Å². The molecule has 1 fully saturated rings. The molecular weight excluding hydrogens is 262 g/mol. The molecule has 1 unspecified atom stereocenters. The SMILES string of the molecule is C#CCC(N)C(=O)N(Cc1ccc(F)cc1F)C1CC1. The minimum absolute atomic E-state index is 0.0794. The summed E-state index contributed by atoms with van der Waals surface area (Å²) in [4.78, 5) is 13.7. The van der Waals surface area contributed by atoms with Gasteiger partial charge in [-0.2, -0.15) is 0 Å². The van der Waals surface area contributed by atoms with Crippen LogP contribution >= 0.6 is 0 Å². The molecule has 1 saturated carbocycles. The van der Waals surface area contributed by atoms with Crippen molar-refractivity contribution in [1.29, 1.82) is 0 Å². The third-order valence-corrected chi connectivity index (χ3v) is 3.28. The van der Waals surface area contributed by atoms with Gasteiger partial charge in [0.1, 0.15) is 11.6 Å². The topological polar surface area (TPSA) is 46.3 Å². The number of terminal acetylenes is 1. The molecule has 2 N–H and O–H groups in total. The molecule has 0 aromatic heterocycles. The van der Waals surface area contributed by atoms with E-state index in [1.807, 2.05) is 0 Å². The summed E-state index contributed by atoms with van der Waals surface area (Å²) in [5.41, 5.74) is 6.00. The Morgan fingerprint density at radius 2 is 2.20 bits per heavy atom. The van der Waals surface area contributed by atoms with E-state index in [1.54, 1.807) is 4.90 Å². The zero-order valence-corrected chi connectivity index (χ0v) is 11.0. The Morgan fingerprint density at radius 1 is 1.50 bits per heavy atom.